The van der Waals surface area contributed by atoms with E-state index >= 15 is 0 Å². The molecule has 0 aliphatic rings. The number of aliphatic hydroxyl groups is 2. The maximum atomic E-state index is 13.1. The minimum Gasteiger partial charge on any atom is -0.414 e. The van der Waals surface area contributed by atoms with E-state index in [4.69, 9.17) is 9.05 Å². The molecule has 0 spiro atoms. The number of aryl methyl sites for hydroxylation is 2. The molecule has 0 bridgehead atoms. The summed E-state index contributed by atoms with van der Waals surface area (Å²) in [5, 5.41) is 19.4. The van der Waals surface area contributed by atoms with Crippen molar-refractivity contribution in [3.63, 3.8) is 0 Å². The Morgan fingerprint density at radius 1 is 0.821 bits per heavy atom. The zero-order valence-electron chi connectivity index (χ0n) is 16.7. The van der Waals surface area contributed by atoms with Crippen LogP contribution in [0.4, 0.5) is 0 Å². The first-order valence-corrected chi connectivity index (χ1v) is 11.6. The van der Waals surface area contributed by atoms with Gasteiger partial charge in [0.05, 0.1) is 6.61 Å². The Morgan fingerprint density at radius 3 is 1.54 bits per heavy atom. The van der Waals surface area contributed by atoms with Gasteiger partial charge in [0.1, 0.15) is 11.5 Å². The molecular weight excluding hydrogens is 375 g/mol. The van der Waals surface area contributed by atoms with Crippen LogP contribution in [0.3, 0.4) is 0 Å². The second kappa shape index (κ2) is 11.3. The van der Waals surface area contributed by atoms with Crippen molar-refractivity contribution < 1.29 is 23.8 Å². The summed E-state index contributed by atoms with van der Waals surface area (Å²) in [7, 11) is -4.02. The lowest BCUT2D eigenvalue weighted by molar-refractivity contribution is 0.131. The van der Waals surface area contributed by atoms with E-state index in [1.807, 2.05) is 24.3 Å². The summed E-state index contributed by atoms with van der Waals surface area (Å²) in [4.78, 5) is 0. The molecule has 0 saturated carbocycles. The molecular formula is C22H31O5P. The fourth-order valence-electron chi connectivity index (χ4n) is 2.73. The molecule has 0 fully saturated rings. The highest BCUT2D eigenvalue weighted by molar-refractivity contribution is 7.55. The third-order valence-corrected chi connectivity index (χ3v) is 6.30. The lowest BCUT2D eigenvalue weighted by atomic mass is 10.1. The third-order valence-electron chi connectivity index (χ3n) is 4.48. The summed E-state index contributed by atoms with van der Waals surface area (Å²) in [5.41, 5.74) is 2.32. The van der Waals surface area contributed by atoms with E-state index in [2.05, 4.69) is 13.8 Å². The smallest absolute Gasteiger partial charge is 0.414 e. The highest BCUT2D eigenvalue weighted by atomic mass is 31.2. The van der Waals surface area contributed by atoms with Crippen molar-refractivity contribution in [3.8, 4) is 11.5 Å². The second-order valence-corrected chi connectivity index (χ2v) is 8.92. The van der Waals surface area contributed by atoms with Crippen LogP contribution in [-0.2, 0) is 17.4 Å². The predicted molar refractivity (Wildman–Crippen MR) is 112 cm³/mol. The molecule has 0 heterocycles. The van der Waals surface area contributed by atoms with Gasteiger partial charge >= 0.3 is 7.60 Å². The van der Waals surface area contributed by atoms with Gasteiger partial charge in [-0.1, -0.05) is 51.0 Å². The third kappa shape index (κ3) is 6.66. The number of aliphatic hydroxyl groups excluding tert-OH is 2. The summed E-state index contributed by atoms with van der Waals surface area (Å²) in [6.45, 7) is 3.55. The molecule has 0 saturated heterocycles. The van der Waals surface area contributed by atoms with Crippen LogP contribution < -0.4 is 9.05 Å². The van der Waals surface area contributed by atoms with Crippen molar-refractivity contribution in [2.45, 2.75) is 58.2 Å². The Hall–Kier alpha value is -1.81. The number of benzene rings is 2. The monoisotopic (exact) mass is 406 g/mol. The Labute approximate surface area is 167 Å². The van der Waals surface area contributed by atoms with E-state index < -0.39 is 20.0 Å². The highest BCUT2D eigenvalue weighted by Crippen LogP contribution is 2.51. The molecule has 0 amide bonds. The molecule has 154 valence electrons. The van der Waals surface area contributed by atoms with Gasteiger partial charge in [-0.25, -0.2) is 4.57 Å². The largest absolute Gasteiger partial charge is 0.461 e. The quantitative estimate of drug-likeness (QED) is 0.466. The molecule has 28 heavy (non-hydrogen) atoms. The van der Waals surface area contributed by atoms with Gasteiger partial charge in [0.2, 0.25) is 5.85 Å². The van der Waals surface area contributed by atoms with Gasteiger partial charge in [-0.2, -0.15) is 0 Å². The Kier molecular flexibility index (Phi) is 9.04. The van der Waals surface area contributed by atoms with Gasteiger partial charge in [-0.15, -0.1) is 0 Å². The molecule has 2 rings (SSSR count). The Morgan fingerprint density at radius 2 is 1.21 bits per heavy atom. The first kappa shape index (κ1) is 22.5. The van der Waals surface area contributed by atoms with E-state index in [0.29, 0.717) is 11.5 Å². The van der Waals surface area contributed by atoms with Crippen LogP contribution in [0.15, 0.2) is 48.5 Å². The van der Waals surface area contributed by atoms with Crippen LogP contribution in [0.2, 0.25) is 0 Å². The van der Waals surface area contributed by atoms with Crippen LogP contribution in [0.25, 0.3) is 0 Å². The molecule has 6 heteroatoms. The van der Waals surface area contributed by atoms with Crippen molar-refractivity contribution >= 4 is 7.60 Å². The first-order chi connectivity index (χ1) is 13.5. The summed E-state index contributed by atoms with van der Waals surface area (Å²) >= 11 is 0. The number of hydrogen-bond acceptors (Lipinski definition) is 5. The molecule has 2 N–H and O–H groups in total. The fourth-order valence-corrected chi connectivity index (χ4v) is 4.04. The standard InChI is InChI=1S/C22H31O5P/c1-3-5-7-18-9-13-20(14-10-18)26-28(25,22(24)17-23)27-21-15-11-19(12-16-21)8-6-4-2/h9-16,22-24H,3-8,17H2,1-2H3. The molecule has 0 radical (unpaired) electrons. The average molecular weight is 406 g/mol. The van der Waals surface area contributed by atoms with E-state index in [1.54, 1.807) is 24.3 Å². The summed E-state index contributed by atoms with van der Waals surface area (Å²) in [6.07, 6.45) is 6.35. The molecule has 2 aromatic rings. The number of hydrogen-bond donors (Lipinski definition) is 2. The normalized spacial score (nSPS) is 12.6. The van der Waals surface area contributed by atoms with Gasteiger partial charge in [0, 0.05) is 0 Å². The second-order valence-electron chi connectivity index (χ2n) is 6.88. The Balaban J connectivity index is 2.11. The lowest BCUT2D eigenvalue weighted by Crippen LogP contribution is -2.20. The number of rotatable bonds is 12. The van der Waals surface area contributed by atoms with Gasteiger partial charge < -0.3 is 19.3 Å². The van der Waals surface area contributed by atoms with Crippen molar-refractivity contribution in [1.29, 1.82) is 0 Å². The van der Waals surface area contributed by atoms with Crippen LogP contribution in [0, 0.1) is 0 Å². The Bertz CT molecular complexity index is 685. The predicted octanol–water partition coefficient (Wildman–Crippen LogP) is 5.33. The van der Waals surface area contributed by atoms with Crippen molar-refractivity contribution in [2.24, 2.45) is 0 Å². The minimum atomic E-state index is -4.02. The number of unbranched alkanes of at least 4 members (excludes halogenated alkanes) is 2. The fraction of sp³-hybridized carbons (Fsp3) is 0.455. The van der Waals surface area contributed by atoms with Crippen molar-refractivity contribution in [3.05, 3.63) is 59.7 Å². The van der Waals surface area contributed by atoms with Gasteiger partial charge in [0.15, 0.2) is 0 Å². The zero-order chi connectivity index (χ0) is 20.4. The molecule has 2 aromatic carbocycles. The molecule has 5 nitrogen and oxygen atoms in total. The molecule has 1 atom stereocenters. The van der Waals surface area contributed by atoms with E-state index in [-0.39, 0.29) is 0 Å². The van der Waals surface area contributed by atoms with Crippen LogP contribution in [0.1, 0.15) is 50.7 Å². The molecule has 0 aliphatic carbocycles. The van der Waals surface area contributed by atoms with Gasteiger partial charge in [-0.05, 0) is 61.1 Å². The summed E-state index contributed by atoms with van der Waals surface area (Å²) < 4.78 is 24.2. The van der Waals surface area contributed by atoms with Gasteiger partial charge in [-0.3, -0.25) is 0 Å². The highest BCUT2D eigenvalue weighted by Gasteiger charge is 2.37. The summed E-state index contributed by atoms with van der Waals surface area (Å²) in [6, 6.07) is 14.5. The SMILES string of the molecule is CCCCc1ccc(OP(=O)(Oc2ccc(CCCC)cc2)C(O)CO)cc1. The van der Waals surface area contributed by atoms with E-state index in [1.165, 1.54) is 0 Å². The maximum absolute atomic E-state index is 13.1. The zero-order valence-corrected chi connectivity index (χ0v) is 17.6. The van der Waals surface area contributed by atoms with Crippen LogP contribution in [-0.4, -0.2) is 22.7 Å². The van der Waals surface area contributed by atoms with Crippen molar-refractivity contribution in [2.75, 3.05) is 6.61 Å². The first-order valence-electron chi connectivity index (χ1n) is 9.96. The molecule has 1 unspecified atom stereocenters. The van der Waals surface area contributed by atoms with Crippen molar-refractivity contribution in [1.82, 2.24) is 0 Å². The van der Waals surface area contributed by atoms with Gasteiger partial charge in [0.25, 0.3) is 0 Å². The minimum absolute atomic E-state index is 0.329. The molecule has 0 aromatic heterocycles. The molecule has 0 aliphatic heterocycles. The van der Waals surface area contributed by atoms with Crippen LogP contribution in [0.5, 0.6) is 11.5 Å². The van der Waals surface area contributed by atoms with E-state index in [0.717, 1.165) is 49.7 Å². The average Bonchev–Trinajstić information content (AvgIpc) is 2.72. The summed E-state index contributed by atoms with van der Waals surface area (Å²) in [5.74, 6) is -0.974. The maximum Gasteiger partial charge on any atom is 0.461 e. The topological polar surface area (TPSA) is 76.0 Å². The lowest BCUT2D eigenvalue weighted by Gasteiger charge is -2.23. The van der Waals surface area contributed by atoms with Crippen LogP contribution >= 0.6 is 7.60 Å². The van der Waals surface area contributed by atoms with E-state index in [9.17, 15) is 14.8 Å².